The zero-order valence-corrected chi connectivity index (χ0v) is 13.8. The maximum atomic E-state index is 13.5. The molecular formula is C18H27ClFN. The summed E-state index contributed by atoms with van der Waals surface area (Å²) in [5.41, 5.74) is 0.922. The highest BCUT2D eigenvalue weighted by molar-refractivity contribution is 6.31. The van der Waals surface area contributed by atoms with Crippen LogP contribution in [0.2, 0.25) is 5.02 Å². The lowest BCUT2D eigenvalue weighted by molar-refractivity contribution is 0.313. The van der Waals surface area contributed by atoms with Crippen molar-refractivity contribution in [3.05, 3.63) is 34.6 Å². The summed E-state index contributed by atoms with van der Waals surface area (Å²) in [6.07, 6.45) is 10.2. The minimum atomic E-state index is -0.309. The molecule has 2 rings (SSSR count). The SMILES string of the molecule is CCNC(CCC1CCCCC1)Cc1cccc(F)c1Cl. The first-order chi connectivity index (χ1) is 10.2. The third-order valence-corrected chi connectivity index (χ3v) is 5.06. The lowest BCUT2D eigenvalue weighted by Gasteiger charge is -2.25. The van der Waals surface area contributed by atoms with Gasteiger partial charge in [0, 0.05) is 6.04 Å². The molecule has 0 amide bonds. The second-order valence-electron chi connectivity index (χ2n) is 6.25. The van der Waals surface area contributed by atoms with Crippen LogP contribution in [0.4, 0.5) is 4.39 Å². The molecule has 1 aliphatic carbocycles. The number of likely N-dealkylation sites (N-methyl/N-ethyl adjacent to an activating group) is 1. The molecule has 0 bridgehead atoms. The third-order valence-electron chi connectivity index (χ3n) is 4.64. The summed E-state index contributed by atoms with van der Waals surface area (Å²) in [7, 11) is 0. The van der Waals surface area contributed by atoms with E-state index in [1.54, 1.807) is 6.07 Å². The van der Waals surface area contributed by atoms with Crippen molar-refractivity contribution in [3.8, 4) is 0 Å². The number of hydrogen-bond acceptors (Lipinski definition) is 1. The summed E-state index contributed by atoms with van der Waals surface area (Å²) in [5.74, 6) is 0.583. The Labute approximate surface area is 133 Å². The van der Waals surface area contributed by atoms with Gasteiger partial charge < -0.3 is 5.32 Å². The molecule has 0 saturated heterocycles. The largest absolute Gasteiger partial charge is 0.314 e. The van der Waals surface area contributed by atoms with Crippen LogP contribution < -0.4 is 5.32 Å². The molecular weight excluding hydrogens is 285 g/mol. The third kappa shape index (κ3) is 5.27. The van der Waals surface area contributed by atoms with Crippen LogP contribution in [0.3, 0.4) is 0 Å². The highest BCUT2D eigenvalue weighted by Gasteiger charge is 2.17. The molecule has 1 aliphatic rings. The molecule has 0 spiro atoms. The van der Waals surface area contributed by atoms with Gasteiger partial charge in [0.25, 0.3) is 0 Å². The highest BCUT2D eigenvalue weighted by Crippen LogP contribution is 2.28. The average Bonchev–Trinajstić information content (AvgIpc) is 2.50. The van der Waals surface area contributed by atoms with Gasteiger partial charge >= 0.3 is 0 Å². The highest BCUT2D eigenvalue weighted by atomic mass is 35.5. The van der Waals surface area contributed by atoms with Crippen LogP contribution in [0.15, 0.2) is 18.2 Å². The summed E-state index contributed by atoms with van der Waals surface area (Å²) in [5, 5.41) is 3.83. The first-order valence-corrected chi connectivity index (χ1v) is 8.74. The van der Waals surface area contributed by atoms with Gasteiger partial charge in [-0.2, -0.15) is 0 Å². The van der Waals surface area contributed by atoms with Crippen molar-refractivity contribution >= 4 is 11.6 Å². The normalized spacial score (nSPS) is 17.9. The molecule has 0 heterocycles. The van der Waals surface area contributed by atoms with E-state index in [-0.39, 0.29) is 10.8 Å². The fourth-order valence-electron chi connectivity index (χ4n) is 3.45. The quantitative estimate of drug-likeness (QED) is 0.714. The van der Waals surface area contributed by atoms with Gasteiger partial charge in [0.15, 0.2) is 0 Å². The Balaban J connectivity index is 1.90. The van der Waals surface area contributed by atoms with Crippen molar-refractivity contribution in [2.75, 3.05) is 6.54 Å². The van der Waals surface area contributed by atoms with Crippen molar-refractivity contribution in [2.45, 2.75) is 64.3 Å². The number of hydrogen-bond donors (Lipinski definition) is 1. The van der Waals surface area contributed by atoms with Crippen LogP contribution >= 0.6 is 11.6 Å². The molecule has 1 saturated carbocycles. The Morgan fingerprint density at radius 2 is 2.05 bits per heavy atom. The molecule has 1 fully saturated rings. The van der Waals surface area contributed by atoms with Crippen LogP contribution in [-0.2, 0) is 6.42 Å². The van der Waals surface area contributed by atoms with Gasteiger partial charge in [-0.1, -0.05) is 62.8 Å². The Morgan fingerprint density at radius 3 is 2.76 bits per heavy atom. The second kappa shape index (κ2) is 8.75. The van der Waals surface area contributed by atoms with Gasteiger partial charge in [-0.3, -0.25) is 0 Å². The zero-order chi connectivity index (χ0) is 15.1. The first kappa shape index (κ1) is 16.8. The smallest absolute Gasteiger partial charge is 0.142 e. The van der Waals surface area contributed by atoms with Crippen molar-refractivity contribution < 1.29 is 4.39 Å². The van der Waals surface area contributed by atoms with Gasteiger partial charge in [0.05, 0.1) is 5.02 Å². The second-order valence-corrected chi connectivity index (χ2v) is 6.63. The van der Waals surface area contributed by atoms with Gasteiger partial charge in [-0.15, -0.1) is 0 Å². The lowest BCUT2D eigenvalue weighted by Crippen LogP contribution is -2.31. The summed E-state index contributed by atoms with van der Waals surface area (Å²) in [6, 6.07) is 5.52. The Morgan fingerprint density at radius 1 is 1.29 bits per heavy atom. The average molecular weight is 312 g/mol. The fraction of sp³-hybridized carbons (Fsp3) is 0.667. The van der Waals surface area contributed by atoms with Gasteiger partial charge in [0.2, 0.25) is 0 Å². The van der Waals surface area contributed by atoms with Crippen LogP contribution in [0.5, 0.6) is 0 Å². The fourth-order valence-corrected chi connectivity index (χ4v) is 3.65. The van der Waals surface area contributed by atoms with E-state index < -0.39 is 0 Å². The van der Waals surface area contributed by atoms with E-state index in [0.29, 0.717) is 6.04 Å². The number of benzene rings is 1. The Bertz CT molecular complexity index is 429. The van der Waals surface area contributed by atoms with E-state index in [4.69, 9.17) is 11.6 Å². The predicted octanol–water partition coefficient (Wildman–Crippen LogP) is 5.36. The molecule has 1 unspecified atom stereocenters. The summed E-state index contributed by atoms with van der Waals surface area (Å²) < 4.78 is 13.5. The molecule has 118 valence electrons. The maximum absolute atomic E-state index is 13.5. The molecule has 0 radical (unpaired) electrons. The topological polar surface area (TPSA) is 12.0 Å². The van der Waals surface area contributed by atoms with Gasteiger partial charge in [-0.25, -0.2) is 4.39 Å². The molecule has 1 nitrogen and oxygen atoms in total. The monoisotopic (exact) mass is 311 g/mol. The summed E-state index contributed by atoms with van der Waals surface area (Å²) in [6.45, 7) is 3.07. The molecule has 3 heteroatoms. The number of nitrogens with one attached hydrogen (secondary N) is 1. The summed E-state index contributed by atoms with van der Waals surface area (Å²) in [4.78, 5) is 0. The van der Waals surface area contributed by atoms with Crippen LogP contribution in [0.1, 0.15) is 57.4 Å². The minimum absolute atomic E-state index is 0.290. The Hall–Kier alpha value is -0.600. The standard InChI is InChI=1S/C18H27ClFN/c1-2-21-16(12-11-14-7-4-3-5-8-14)13-15-9-6-10-17(20)18(15)19/h6,9-10,14,16,21H,2-5,7-8,11-13H2,1H3. The lowest BCUT2D eigenvalue weighted by atomic mass is 9.84. The van der Waals surface area contributed by atoms with Crippen LogP contribution in [0.25, 0.3) is 0 Å². The summed E-state index contributed by atoms with van der Waals surface area (Å²) >= 11 is 6.08. The minimum Gasteiger partial charge on any atom is -0.314 e. The van der Waals surface area contributed by atoms with Gasteiger partial charge in [0.1, 0.15) is 5.82 Å². The number of rotatable bonds is 7. The predicted molar refractivity (Wildman–Crippen MR) is 88.4 cm³/mol. The van der Waals surface area contributed by atoms with Crippen LogP contribution in [0, 0.1) is 11.7 Å². The van der Waals surface area contributed by atoms with Crippen molar-refractivity contribution in [1.29, 1.82) is 0 Å². The molecule has 1 aromatic carbocycles. The molecule has 21 heavy (non-hydrogen) atoms. The zero-order valence-electron chi connectivity index (χ0n) is 13.0. The van der Waals surface area contributed by atoms with E-state index in [0.717, 1.165) is 30.9 Å². The molecule has 0 aromatic heterocycles. The molecule has 1 aromatic rings. The van der Waals surface area contributed by atoms with Crippen LogP contribution in [-0.4, -0.2) is 12.6 Å². The van der Waals surface area contributed by atoms with E-state index in [9.17, 15) is 4.39 Å². The van der Waals surface area contributed by atoms with E-state index in [2.05, 4.69) is 12.2 Å². The van der Waals surface area contributed by atoms with Crippen molar-refractivity contribution in [1.82, 2.24) is 5.32 Å². The van der Waals surface area contributed by atoms with E-state index in [1.807, 2.05) is 6.07 Å². The molecule has 1 N–H and O–H groups in total. The Kier molecular flexibility index (Phi) is 6.98. The van der Waals surface area contributed by atoms with Crippen molar-refractivity contribution in [2.24, 2.45) is 5.92 Å². The number of halogens is 2. The first-order valence-electron chi connectivity index (χ1n) is 8.37. The van der Waals surface area contributed by atoms with E-state index >= 15 is 0 Å². The van der Waals surface area contributed by atoms with E-state index in [1.165, 1.54) is 44.6 Å². The molecule has 1 atom stereocenters. The van der Waals surface area contributed by atoms with Crippen molar-refractivity contribution in [3.63, 3.8) is 0 Å². The van der Waals surface area contributed by atoms with Gasteiger partial charge in [-0.05, 0) is 43.4 Å². The molecule has 0 aliphatic heterocycles. The maximum Gasteiger partial charge on any atom is 0.142 e.